The largest absolute Gasteiger partial charge is 0.311 e. The van der Waals surface area contributed by atoms with Gasteiger partial charge in [-0.1, -0.05) is 53.6 Å². The van der Waals surface area contributed by atoms with E-state index < -0.39 is 0 Å². The van der Waals surface area contributed by atoms with Crippen LogP contribution in [0.3, 0.4) is 0 Å². The fraction of sp³-hybridized carbons (Fsp3) is 0.0833. The summed E-state index contributed by atoms with van der Waals surface area (Å²) in [7, 11) is 1.73. The summed E-state index contributed by atoms with van der Waals surface area (Å²) in [6.45, 7) is 1.99. The van der Waals surface area contributed by atoms with E-state index in [-0.39, 0.29) is 11.3 Å². The van der Waals surface area contributed by atoms with Crippen molar-refractivity contribution in [3.8, 4) is 11.1 Å². The molecule has 28 heavy (non-hydrogen) atoms. The molecule has 138 valence electrons. The maximum Gasteiger partial charge on any atom is 0.251 e. The van der Waals surface area contributed by atoms with E-state index in [0.717, 1.165) is 27.6 Å². The first-order valence-electron chi connectivity index (χ1n) is 8.95. The minimum absolute atomic E-state index is 0.0483. The molecule has 0 N–H and O–H groups in total. The zero-order valence-electron chi connectivity index (χ0n) is 15.6. The maximum atomic E-state index is 13.0. The monoisotopic (exact) mass is 387 g/mol. The third-order valence-corrected chi connectivity index (χ3v) is 5.19. The van der Waals surface area contributed by atoms with Crippen LogP contribution in [0.5, 0.6) is 0 Å². The molecule has 0 spiro atoms. The molecular formula is C24H18ClNO2. The number of benzene rings is 3. The molecule has 0 fully saturated rings. The van der Waals surface area contributed by atoms with E-state index in [1.54, 1.807) is 29.8 Å². The highest BCUT2D eigenvalue weighted by Crippen LogP contribution is 2.30. The van der Waals surface area contributed by atoms with Crippen molar-refractivity contribution in [3.63, 3.8) is 0 Å². The molecule has 0 unspecified atom stereocenters. The Labute approximate surface area is 167 Å². The zero-order valence-corrected chi connectivity index (χ0v) is 16.3. The van der Waals surface area contributed by atoms with E-state index in [1.807, 2.05) is 61.5 Å². The van der Waals surface area contributed by atoms with Gasteiger partial charge in [-0.05, 0) is 48.4 Å². The van der Waals surface area contributed by atoms with Crippen molar-refractivity contribution < 1.29 is 4.79 Å². The summed E-state index contributed by atoms with van der Waals surface area (Å²) in [5.74, 6) is -0.0483. The number of hydrogen-bond acceptors (Lipinski definition) is 2. The molecule has 0 aliphatic heterocycles. The van der Waals surface area contributed by atoms with Crippen molar-refractivity contribution in [1.82, 2.24) is 4.57 Å². The fourth-order valence-electron chi connectivity index (χ4n) is 3.37. The third kappa shape index (κ3) is 3.25. The van der Waals surface area contributed by atoms with Crippen LogP contribution in [-0.2, 0) is 7.05 Å². The van der Waals surface area contributed by atoms with Gasteiger partial charge >= 0.3 is 0 Å². The molecular weight excluding hydrogens is 370 g/mol. The number of nitrogens with zero attached hydrogens (tertiary/aromatic N) is 1. The highest BCUT2D eigenvalue weighted by molar-refractivity contribution is 6.31. The van der Waals surface area contributed by atoms with Crippen LogP contribution in [0, 0.1) is 6.92 Å². The molecule has 0 aliphatic rings. The topological polar surface area (TPSA) is 39.1 Å². The Morgan fingerprint density at radius 1 is 0.893 bits per heavy atom. The van der Waals surface area contributed by atoms with Gasteiger partial charge in [0.2, 0.25) is 0 Å². The lowest BCUT2D eigenvalue weighted by Gasteiger charge is -2.12. The number of hydrogen-bond donors (Lipinski definition) is 0. The second kappa shape index (κ2) is 7.10. The van der Waals surface area contributed by atoms with Gasteiger partial charge in [-0.3, -0.25) is 9.59 Å². The summed E-state index contributed by atoms with van der Waals surface area (Å²) in [5.41, 5.74) is 4.59. The van der Waals surface area contributed by atoms with Crippen LogP contribution >= 0.6 is 11.6 Å². The van der Waals surface area contributed by atoms with Gasteiger partial charge in [0.05, 0.1) is 5.52 Å². The predicted molar refractivity (Wildman–Crippen MR) is 114 cm³/mol. The lowest BCUT2D eigenvalue weighted by molar-refractivity contribution is 0.103. The Bertz CT molecular complexity index is 1270. The van der Waals surface area contributed by atoms with Gasteiger partial charge in [0.15, 0.2) is 5.78 Å². The number of halogens is 1. The van der Waals surface area contributed by atoms with Crippen LogP contribution in [0.2, 0.25) is 5.02 Å². The van der Waals surface area contributed by atoms with E-state index in [2.05, 4.69) is 0 Å². The van der Waals surface area contributed by atoms with E-state index in [1.165, 1.54) is 0 Å². The minimum Gasteiger partial charge on any atom is -0.311 e. The molecule has 3 nitrogen and oxygen atoms in total. The standard InChI is InChI=1S/C24H18ClNO2/c1-15-6-8-16(9-7-15)24(28)18-10-11-22-21(13-18)20(14-23(27)26(22)2)17-4-3-5-19(25)12-17/h3-14H,1-2H3. The first-order valence-corrected chi connectivity index (χ1v) is 9.33. The molecule has 0 saturated carbocycles. The fourth-order valence-corrected chi connectivity index (χ4v) is 3.56. The Morgan fingerprint density at radius 2 is 1.61 bits per heavy atom. The Kier molecular flexibility index (Phi) is 4.62. The van der Waals surface area contributed by atoms with Crippen molar-refractivity contribution >= 4 is 28.3 Å². The number of rotatable bonds is 3. The second-order valence-electron chi connectivity index (χ2n) is 6.89. The number of pyridine rings is 1. The molecule has 0 aliphatic carbocycles. The molecule has 4 rings (SSSR count). The van der Waals surface area contributed by atoms with Crippen molar-refractivity contribution in [1.29, 1.82) is 0 Å². The SMILES string of the molecule is Cc1ccc(C(=O)c2ccc3c(c2)c(-c2cccc(Cl)c2)cc(=O)n3C)cc1. The van der Waals surface area contributed by atoms with Crippen LogP contribution in [0.4, 0.5) is 0 Å². The highest BCUT2D eigenvalue weighted by Gasteiger charge is 2.14. The summed E-state index contributed by atoms with van der Waals surface area (Å²) in [4.78, 5) is 25.4. The average Bonchev–Trinajstić information content (AvgIpc) is 2.70. The summed E-state index contributed by atoms with van der Waals surface area (Å²) in [6.07, 6.45) is 0. The molecule has 1 heterocycles. The number of aryl methyl sites for hydroxylation is 2. The van der Waals surface area contributed by atoms with Crippen LogP contribution in [0.15, 0.2) is 77.6 Å². The van der Waals surface area contributed by atoms with Gasteiger partial charge < -0.3 is 4.57 Å². The number of ketones is 1. The van der Waals surface area contributed by atoms with Crippen molar-refractivity contribution in [2.75, 3.05) is 0 Å². The molecule has 0 radical (unpaired) electrons. The molecule has 1 aromatic heterocycles. The summed E-state index contributed by atoms with van der Waals surface area (Å²) in [5, 5.41) is 1.43. The second-order valence-corrected chi connectivity index (χ2v) is 7.33. The normalized spacial score (nSPS) is 11.0. The van der Waals surface area contributed by atoms with E-state index in [4.69, 9.17) is 11.6 Å². The first-order chi connectivity index (χ1) is 13.4. The minimum atomic E-state index is -0.111. The van der Waals surface area contributed by atoms with Gasteiger partial charge in [-0.25, -0.2) is 0 Å². The first kappa shape index (κ1) is 18.2. The highest BCUT2D eigenvalue weighted by atomic mass is 35.5. The summed E-state index contributed by atoms with van der Waals surface area (Å²) >= 11 is 6.15. The zero-order chi connectivity index (χ0) is 19.8. The van der Waals surface area contributed by atoms with Crippen molar-refractivity contribution in [3.05, 3.63) is 105 Å². The van der Waals surface area contributed by atoms with E-state index >= 15 is 0 Å². The van der Waals surface area contributed by atoms with Gasteiger partial charge in [-0.2, -0.15) is 0 Å². The number of carbonyl (C=O) groups is 1. The predicted octanol–water partition coefficient (Wildman–Crippen LogP) is 5.40. The van der Waals surface area contributed by atoms with Crippen LogP contribution in [-0.4, -0.2) is 10.4 Å². The Hall–Kier alpha value is -3.17. The smallest absolute Gasteiger partial charge is 0.251 e. The molecule has 0 bridgehead atoms. The van der Waals surface area contributed by atoms with Gasteiger partial charge in [-0.15, -0.1) is 0 Å². The summed E-state index contributed by atoms with van der Waals surface area (Å²) < 4.78 is 1.59. The summed E-state index contributed by atoms with van der Waals surface area (Å²) in [6, 6.07) is 21.9. The number of fused-ring (bicyclic) bond motifs is 1. The van der Waals surface area contributed by atoms with Crippen molar-refractivity contribution in [2.45, 2.75) is 6.92 Å². The third-order valence-electron chi connectivity index (χ3n) is 4.96. The molecule has 0 amide bonds. The maximum absolute atomic E-state index is 13.0. The van der Waals surface area contributed by atoms with Crippen LogP contribution in [0.1, 0.15) is 21.5 Å². The molecule has 0 saturated heterocycles. The van der Waals surface area contributed by atoms with Gasteiger partial charge in [0, 0.05) is 34.6 Å². The quantitative estimate of drug-likeness (QED) is 0.441. The number of aromatic nitrogens is 1. The van der Waals surface area contributed by atoms with Gasteiger partial charge in [0.25, 0.3) is 5.56 Å². The van der Waals surface area contributed by atoms with E-state index in [9.17, 15) is 9.59 Å². The van der Waals surface area contributed by atoms with Crippen LogP contribution < -0.4 is 5.56 Å². The lowest BCUT2D eigenvalue weighted by atomic mass is 9.96. The molecule has 4 aromatic rings. The van der Waals surface area contributed by atoms with Crippen molar-refractivity contribution in [2.24, 2.45) is 7.05 Å². The average molecular weight is 388 g/mol. The van der Waals surface area contributed by atoms with E-state index in [0.29, 0.717) is 16.1 Å². The Morgan fingerprint density at radius 3 is 2.32 bits per heavy atom. The Balaban J connectivity index is 1.94. The number of carbonyl (C=O) groups excluding carboxylic acids is 1. The molecule has 3 aromatic carbocycles. The van der Waals surface area contributed by atoms with Gasteiger partial charge in [0.1, 0.15) is 0 Å². The lowest BCUT2D eigenvalue weighted by Crippen LogP contribution is -2.16. The molecule has 4 heteroatoms. The molecule has 0 atom stereocenters. The van der Waals surface area contributed by atoms with Crippen LogP contribution in [0.25, 0.3) is 22.0 Å².